The molecule has 2 bridgehead atoms. The Morgan fingerprint density at radius 2 is 1.74 bits per heavy atom. The zero-order valence-electron chi connectivity index (χ0n) is 12.9. The topological polar surface area (TPSA) is 32.3 Å². The van der Waals surface area contributed by atoms with Crippen LogP contribution >= 0.6 is 0 Å². The first-order valence-electron chi connectivity index (χ1n) is 8.39. The third-order valence-electron chi connectivity index (χ3n) is 7.19. The van der Waals surface area contributed by atoms with Gasteiger partial charge in [0, 0.05) is 12.1 Å². The van der Waals surface area contributed by atoms with Gasteiger partial charge in [0.05, 0.1) is 6.10 Å². The third-order valence-corrected chi connectivity index (χ3v) is 7.19. The van der Waals surface area contributed by atoms with E-state index in [4.69, 9.17) is 0 Å². The summed E-state index contributed by atoms with van der Waals surface area (Å²) in [6.07, 6.45) is 9.93. The highest BCUT2D eigenvalue weighted by atomic mass is 16.3. The van der Waals surface area contributed by atoms with E-state index in [1.165, 1.54) is 44.9 Å². The number of rotatable bonds is 2. The number of aliphatic hydroxyl groups excluding tert-OH is 1. The average molecular weight is 265 g/mol. The van der Waals surface area contributed by atoms with Gasteiger partial charge in [-0.15, -0.1) is 0 Å². The monoisotopic (exact) mass is 265 g/mol. The van der Waals surface area contributed by atoms with Gasteiger partial charge in [0.25, 0.3) is 0 Å². The Bertz CT molecular complexity index is 340. The lowest BCUT2D eigenvalue weighted by Crippen LogP contribution is -2.51. The summed E-state index contributed by atoms with van der Waals surface area (Å²) in [4.78, 5) is 0. The van der Waals surface area contributed by atoms with E-state index < -0.39 is 0 Å². The van der Waals surface area contributed by atoms with E-state index >= 15 is 0 Å². The van der Waals surface area contributed by atoms with Crippen LogP contribution in [0.4, 0.5) is 0 Å². The van der Waals surface area contributed by atoms with Crippen molar-refractivity contribution in [1.82, 2.24) is 5.32 Å². The molecule has 3 rings (SSSR count). The van der Waals surface area contributed by atoms with Crippen LogP contribution in [0.2, 0.25) is 0 Å². The summed E-state index contributed by atoms with van der Waals surface area (Å²) in [5.74, 6) is 0.887. The van der Waals surface area contributed by atoms with E-state index in [1.807, 2.05) is 0 Å². The normalized spacial score (nSPS) is 49.3. The van der Waals surface area contributed by atoms with E-state index in [2.05, 4.69) is 26.1 Å². The number of hydrogen-bond acceptors (Lipinski definition) is 2. The summed E-state index contributed by atoms with van der Waals surface area (Å²) in [5, 5.41) is 14.2. The van der Waals surface area contributed by atoms with Crippen LogP contribution in [-0.4, -0.2) is 23.3 Å². The molecule has 0 radical (unpaired) electrons. The fourth-order valence-corrected chi connectivity index (χ4v) is 5.20. The molecule has 19 heavy (non-hydrogen) atoms. The van der Waals surface area contributed by atoms with Crippen molar-refractivity contribution in [3.05, 3.63) is 0 Å². The summed E-state index contributed by atoms with van der Waals surface area (Å²) >= 11 is 0. The van der Waals surface area contributed by atoms with E-state index in [1.54, 1.807) is 0 Å². The second kappa shape index (κ2) is 4.73. The molecule has 2 N–H and O–H groups in total. The van der Waals surface area contributed by atoms with Crippen LogP contribution in [0.5, 0.6) is 0 Å². The third kappa shape index (κ3) is 2.06. The maximum absolute atomic E-state index is 10.3. The second-order valence-electron chi connectivity index (χ2n) is 8.14. The molecule has 0 amide bonds. The van der Waals surface area contributed by atoms with Crippen molar-refractivity contribution in [2.45, 2.75) is 90.3 Å². The first-order chi connectivity index (χ1) is 8.95. The lowest BCUT2D eigenvalue weighted by molar-refractivity contribution is 0.0754. The van der Waals surface area contributed by atoms with Gasteiger partial charge in [-0.25, -0.2) is 0 Å². The van der Waals surface area contributed by atoms with E-state index in [0.29, 0.717) is 22.9 Å². The molecule has 3 aliphatic carbocycles. The molecule has 2 heteroatoms. The standard InChI is InChI=1S/C17H31NO/c1-16(2)12-9-10-17(16,3)15(11-12)18-13-7-5-4-6-8-14(13)19/h12-15,18-19H,4-11H2,1-3H3. The Hall–Kier alpha value is -0.0800. The average Bonchev–Trinajstić information content (AvgIpc) is 2.59. The van der Waals surface area contributed by atoms with E-state index in [-0.39, 0.29) is 6.10 Å². The van der Waals surface area contributed by atoms with Crippen molar-refractivity contribution in [2.75, 3.05) is 0 Å². The predicted molar refractivity (Wildman–Crippen MR) is 79.0 cm³/mol. The molecule has 3 fully saturated rings. The van der Waals surface area contributed by atoms with Crippen LogP contribution in [0.3, 0.4) is 0 Å². The minimum Gasteiger partial charge on any atom is -0.392 e. The fraction of sp³-hybridized carbons (Fsp3) is 1.00. The highest BCUT2D eigenvalue weighted by Crippen LogP contribution is 2.65. The zero-order valence-corrected chi connectivity index (χ0v) is 12.9. The molecule has 0 aromatic heterocycles. The van der Waals surface area contributed by atoms with Crippen molar-refractivity contribution in [2.24, 2.45) is 16.7 Å². The molecular formula is C17H31NO. The molecule has 0 heterocycles. The van der Waals surface area contributed by atoms with Crippen molar-refractivity contribution in [3.8, 4) is 0 Å². The van der Waals surface area contributed by atoms with Crippen LogP contribution in [0, 0.1) is 16.7 Å². The molecular weight excluding hydrogens is 234 g/mol. The van der Waals surface area contributed by atoms with Gasteiger partial charge in [-0.3, -0.25) is 0 Å². The number of fused-ring (bicyclic) bond motifs is 2. The van der Waals surface area contributed by atoms with Crippen LogP contribution in [-0.2, 0) is 0 Å². The van der Waals surface area contributed by atoms with E-state index in [9.17, 15) is 5.11 Å². The first-order valence-corrected chi connectivity index (χ1v) is 8.39. The SMILES string of the molecule is CC1(C)C2CCC1(C)C(NC1CCCCCC1O)C2. The minimum absolute atomic E-state index is 0.117. The molecule has 0 aliphatic heterocycles. The van der Waals surface area contributed by atoms with Crippen molar-refractivity contribution in [3.63, 3.8) is 0 Å². The molecule has 110 valence electrons. The molecule has 0 aromatic carbocycles. The van der Waals surface area contributed by atoms with Gasteiger partial charge >= 0.3 is 0 Å². The second-order valence-corrected chi connectivity index (χ2v) is 8.14. The van der Waals surface area contributed by atoms with Crippen LogP contribution < -0.4 is 5.32 Å². The van der Waals surface area contributed by atoms with Crippen molar-refractivity contribution in [1.29, 1.82) is 0 Å². The van der Waals surface area contributed by atoms with Crippen LogP contribution in [0.1, 0.15) is 72.1 Å². The van der Waals surface area contributed by atoms with Crippen molar-refractivity contribution < 1.29 is 5.11 Å². The maximum atomic E-state index is 10.3. The van der Waals surface area contributed by atoms with Gasteiger partial charge in [-0.1, -0.05) is 40.0 Å². The molecule has 0 aromatic rings. The first kappa shape index (κ1) is 13.9. The molecule has 0 saturated heterocycles. The Morgan fingerprint density at radius 1 is 1.00 bits per heavy atom. The quantitative estimate of drug-likeness (QED) is 0.749. The Kier molecular flexibility index (Phi) is 3.46. The van der Waals surface area contributed by atoms with Gasteiger partial charge in [0.1, 0.15) is 0 Å². The summed E-state index contributed by atoms with van der Waals surface area (Å²) in [6.45, 7) is 7.42. The van der Waals surface area contributed by atoms with Gasteiger partial charge in [-0.05, 0) is 48.9 Å². The predicted octanol–water partition coefficient (Wildman–Crippen LogP) is 3.48. The Labute approximate surface area is 118 Å². The lowest BCUT2D eigenvalue weighted by Gasteiger charge is -2.41. The van der Waals surface area contributed by atoms with Gasteiger partial charge in [0.15, 0.2) is 0 Å². The molecule has 5 atom stereocenters. The highest BCUT2D eigenvalue weighted by Gasteiger charge is 2.61. The largest absolute Gasteiger partial charge is 0.392 e. The van der Waals surface area contributed by atoms with E-state index in [0.717, 1.165) is 12.3 Å². The van der Waals surface area contributed by atoms with Crippen LogP contribution in [0.25, 0.3) is 0 Å². The lowest BCUT2D eigenvalue weighted by atomic mass is 9.69. The van der Waals surface area contributed by atoms with Gasteiger partial charge in [-0.2, -0.15) is 0 Å². The van der Waals surface area contributed by atoms with Gasteiger partial charge < -0.3 is 10.4 Å². The smallest absolute Gasteiger partial charge is 0.0693 e. The summed E-state index contributed by atoms with van der Waals surface area (Å²) in [7, 11) is 0. The molecule has 3 saturated carbocycles. The molecule has 5 unspecified atom stereocenters. The number of nitrogens with one attached hydrogen (secondary N) is 1. The molecule has 2 nitrogen and oxygen atoms in total. The number of aliphatic hydroxyl groups is 1. The molecule has 0 spiro atoms. The highest BCUT2D eigenvalue weighted by molar-refractivity contribution is 5.13. The summed E-state index contributed by atoms with van der Waals surface area (Å²) in [6, 6.07) is 0.971. The maximum Gasteiger partial charge on any atom is 0.0693 e. The fourth-order valence-electron chi connectivity index (χ4n) is 5.20. The minimum atomic E-state index is -0.117. The zero-order chi connectivity index (χ0) is 13.7. The van der Waals surface area contributed by atoms with Gasteiger partial charge in [0.2, 0.25) is 0 Å². The Balaban J connectivity index is 1.71. The van der Waals surface area contributed by atoms with Crippen molar-refractivity contribution >= 4 is 0 Å². The number of hydrogen-bond donors (Lipinski definition) is 2. The Morgan fingerprint density at radius 3 is 2.37 bits per heavy atom. The summed E-state index contributed by atoms with van der Waals surface area (Å²) in [5.41, 5.74) is 0.907. The van der Waals surface area contributed by atoms with Crippen LogP contribution in [0.15, 0.2) is 0 Å². The summed E-state index contributed by atoms with van der Waals surface area (Å²) < 4.78 is 0. The molecule has 3 aliphatic rings.